The van der Waals surface area contributed by atoms with E-state index >= 15 is 0 Å². The Morgan fingerprint density at radius 3 is 2.71 bits per heavy atom. The van der Waals surface area contributed by atoms with Gasteiger partial charge < -0.3 is 9.72 Å². The van der Waals surface area contributed by atoms with Crippen molar-refractivity contribution in [1.82, 2.24) is 9.97 Å². The highest BCUT2D eigenvalue weighted by Gasteiger charge is 2.18. The van der Waals surface area contributed by atoms with Gasteiger partial charge >= 0.3 is 0 Å². The van der Waals surface area contributed by atoms with E-state index in [1.54, 1.807) is 24.3 Å². The van der Waals surface area contributed by atoms with Crippen molar-refractivity contribution in [3.05, 3.63) is 36.3 Å². The van der Waals surface area contributed by atoms with Gasteiger partial charge in [0.2, 0.25) is 0 Å². The van der Waals surface area contributed by atoms with Crippen LogP contribution >= 0.6 is 0 Å². The molecule has 0 bridgehead atoms. The number of para-hydroxylation sites is 2. The molecule has 1 heterocycles. The van der Waals surface area contributed by atoms with Crippen LogP contribution in [0.1, 0.15) is 26.1 Å². The number of hydrogen-bond acceptors (Lipinski definition) is 4. The fourth-order valence-corrected chi connectivity index (χ4v) is 2.76. The molecule has 0 amide bonds. The zero-order valence-electron chi connectivity index (χ0n) is 12.1. The van der Waals surface area contributed by atoms with E-state index in [2.05, 4.69) is 14.7 Å². The van der Waals surface area contributed by atoms with Crippen LogP contribution in [0.2, 0.25) is 0 Å². The average Bonchev–Trinajstić information content (AvgIpc) is 2.96. The monoisotopic (exact) mass is 309 g/mol. The Morgan fingerprint density at radius 1 is 1.29 bits per heavy atom. The zero-order valence-corrected chi connectivity index (χ0v) is 12.9. The van der Waals surface area contributed by atoms with Crippen molar-refractivity contribution < 1.29 is 13.2 Å². The highest BCUT2D eigenvalue weighted by atomic mass is 32.2. The first-order valence-corrected chi connectivity index (χ1v) is 8.33. The van der Waals surface area contributed by atoms with E-state index in [1.165, 1.54) is 6.20 Å². The zero-order chi connectivity index (χ0) is 15.3. The third-order valence-corrected chi connectivity index (χ3v) is 4.10. The van der Waals surface area contributed by atoms with Crippen LogP contribution < -0.4 is 9.46 Å². The topological polar surface area (TPSA) is 84.1 Å². The van der Waals surface area contributed by atoms with E-state index in [4.69, 9.17) is 4.74 Å². The smallest absolute Gasteiger partial charge is 0.279 e. The fourth-order valence-electron chi connectivity index (χ4n) is 1.75. The predicted octanol–water partition coefficient (Wildman–Crippen LogP) is 2.56. The van der Waals surface area contributed by atoms with Crippen LogP contribution in [0, 0.1) is 0 Å². The van der Waals surface area contributed by atoms with E-state index in [1.807, 2.05) is 13.8 Å². The summed E-state index contributed by atoms with van der Waals surface area (Å²) in [6, 6.07) is 6.95. The lowest BCUT2D eigenvalue weighted by atomic mass is 10.3. The second kappa shape index (κ2) is 6.62. The van der Waals surface area contributed by atoms with Crippen molar-refractivity contribution in [1.29, 1.82) is 0 Å². The van der Waals surface area contributed by atoms with E-state index < -0.39 is 10.0 Å². The van der Waals surface area contributed by atoms with Gasteiger partial charge in [0, 0.05) is 6.42 Å². The largest absolute Gasteiger partial charge is 0.491 e. The molecule has 0 aliphatic carbocycles. The lowest BCUT2D eigenvalue weighted by Crippen LogP contribution is -2.14. The number of imidazole rings is 1. The molecule has 0 fully saturated rings. The first-order valence-electron chi connectivity index (χ1n) is 6.85. The highest BCUT2D eigenvalue weighted by molar-refractivity contribution is 7.92. The van der Waals surface area contributed by atoms with Gasteiger partial charge in [0.05, 0.1) is 18.5 Å². The van der Waals surface area contributed by atoms with E-state index in [9.17, 15) is 8.42 Å². The van der Waals surface area contributed by atoms with Crippen LogP contribution in [0.5, 0.6) is 5.75 Å². The van der Waals surface area contributed by atoms with Crippen molar-refractivity contribution in [2.75, 3.05) is 11.3 Å². The number of aryl methyl sites for hydroxylation is 1. The van der Waals surface area contributed by atoms with Crippen molar-refractivity contribution in [2.45, 2.75) is 31.7 Å². The van der Waals surface area contributed by atoms with Gasteiger partial charge in [0.1, 0.15) is 11.6 Å². The number of nitrogens with zero attached hydrogens (tertiary/aromatic N) is 1. The molecule has 1 aromatic carbocycles. The van der Waals surface area contributed by atoms with Crippen molar-refractivity contribution in [2.24, 2.45) is 0 Å². The quantitative estimate of drug-likeness (QED) is 0.823. The molecular formula is C14H19N3O3S. The van der Waals surface area contributed by atoms with E-state index in [0.717, 1.165) is 6.42 Å². The van der Waals surface area contributed by atoms with Crippen LogP contribution in [-0.2, 0) is 16.4 Å². The van der Waals surface area contributed by atoms with Gasteiger partial charge in [-0.05, 0) is 18.6 Å². The number of ether oxygens (including phenoxy) is 1. The van der Waals surface area contributed by atoms with Crippen molar-refractivity contribution in [3.8, 4) is 5.75 Å². The van der Waals surface area contributed by atoms with E-state index in [-0.39, 0.29) is 5.03 Å². The number of benzene rings is 1. The Kier molecular flexibility index (Phi) is 4.85. The minimum absolute atomic E-state index is 0.0460. The number of H-pyrrole nitrogens is 1. The Hall–Kier alpha value is -2.02. The van der Waals surface area contributed by atoms with Gasteiger partial charge in [-0.15, -0.1) is 0 Å². The molecule has 7 heteroatoms. The molecule has 0 saturated carbocycles. The average molecular weight is 309 g/mol. The Balaban J connectivity index is 2.24. The molecule has 2 rings (SSSR count). The number of sulfonamides is 1. The molecule has 0 saturated heterocycles. The summed E-state index contributed by atoms with van der Waals surface area (Å²) in [5.41, 5.74) is 0.415. The first-order chi connectivity index (χ1) is 10.1. The molecule has 2 N–H and O–H groups in total. The van der Waals surface area contributed by atoms with Gasteiger partial charge in [-0.2, -0.15) is 8.42 Å². The predicted molar refractivity (Wildman–Crippen MR) is 81.0 cm³/mol. The lowest BCUT2D eigenvalue weighted by molar-refractivity contribution is 0.319. The number of aromatic nitrogens is 2. The number of nitrogens with one attached hydrogen (secondary N) is 2. The number of rotatable bonds is 7. The molecule has 0 aliphatic rings. The summed E-state index contributed by atoms with van der Waals surface area (Å²) in [6.07, 6.45) is 2.81. The number of hydrogen-bond donors (Lipinski definition) is 2. The minimum Gasteiger partial charge on any atom is -0.491 e. The van der Waals surface area contributed by atoms with Crippen molar-refractivity contribution in [3.63, 3.8) is 0 Å². The standard InChI is InChI=1S/C14H19N3O3S/c1-3-9-20-12-8-6-5-7-11(12)17-21(18,19)14-10-15-13(4-2)16-14/h5-8,10,17H,3-4,9H2,1-2H3,(H,15,16). The minimum atomic E-state index is -3.70. The Labute approximate surface area is 124 Å². The molecule has 2 aromatic rings. The first kappa shape index (κ1) is 15.4. The SMILES string of the molecule is CCCOc1ccccc1NS(=O)(=O)c1cnc(CC)[nH]1. The van der Waals surface area contributed by atoms with Crippen molar-refractivity contribution >= 4 is 15.7 Å². The molecule has 6 nitrogen and oxygen atoms in total. The normalized spacial score (nSPS) is 11.3. The lowest BCUT2D eigenvalue weighted by Gasteiger charge is -2.12. The maximum atomic E-state index is 12.3. The molecular weight excluding hydrogens is 290 g/mol. The van der Waals surface area contributed by atoms with Crippen LogP contribution in [0.15, 0.2) is 35.5 Å². The van der Waals surface area contributed by atoms with E-state index in [0.29, 0.717) is 30.3 Å². The molecule has 0 aliphatic heterocycles. The Bertz CT molecular complexity index is 695. The summed E-state index contributed by atoms with van der Waals surface area (Å²) in [7, 11) is -3.70. The summed E-state index contributed by atoms with van der Waals surface area (Å²) in [4.78, 5) is 6.79. The molecule has 114 valence electrons. The maximum Gasteiger partial charge on any atom is 0.279 e. The summed E-state index contributed by atoms with van der Waals surface area (Å²) >= 11 is 0. The van der Waals surface area contributed by atoms with Gasteiger partial charge in [-0.25, -0.2) is 4.98 Å². The molecule has 1 aromatic heterocycles. The third kappa shape index (κ3) is 3.75. The van der Waals surface area contributed by atoms with Crippen LogP contribution in [0.3, 0.4) is 0 Å². The summed E-state index contributed by atoms with van der Waals surface area (Å²) < 4.78 is 32.7. The molecule has 0 unspecified atom stereocenters. The fraction of sp³-hybridized carbons (Fsp3) is 0.357. The van der Waals surface area contributed by atoms with Crippen LogP contribution in [-0.4, -0.2) is 25.0 Å². The molecule has 0 spiro atoms. The summed E-state index contributed by atoms with van der Waals surface area (Å²) in [5.74, 6) is 1.14. The third-order valence-electron chi connectivity index (χ3n) is 2.82. The molecule has 0 atom stereocenters. The Morgan fingerprint density at radius 2 is 2.05 bits per heavy atom. The van der Waals surface area contributed by atoms with Gasteiger partial charge in [0.25, 0.3) is 10.0 Å². The second-order valence-electron chi connectivity index (χ2n) is 4.50. The second-order valence-corrected chi connectivity index (χ2v) is 6.15. The molecule has 0 radical (unpaired) electrons. The maximum absolute atomic E-state index is 12.3. The van der Waals surface area contributed by atoms with Gasteiger partial charge in [-0.3, -0.25) is 4.72 Å². The summed E-state index contributed by atoms with van der Waals surface area (Å²) in [6.45, 7) is 4.42. The number of anilines is 1. The summed E-state index contributed by atoms with van der Waals surface area (Å²) in [5, 5.41) is 0.0460. The highest BCUT2D eigenvalue weighted by Crippen LogP contribution is 2.26. The van der Waals surface area contributed by atoms with Gasteiger partial charge in [-0.1, -0.05) is 26.0 Å². The van der Waals surface area contributed by atoms with Crippen LogP contribution in [0.4, 0.5) is 5.69 Å². The molecule has 21 heavy (non-hydrogen) atoms. The van der Waals surface area contributed by atoms with Gasteiger partial charge in [0.15, 0.2) is 5.03 Å². The number of aromatic amines is 1. The van der Waals surface area contributed by atoms with Crippen LogP contribution in [0.25, 0.3) is 0 Å².